The third-order valence-electron chi connectivity index (χ3n) is 4.34. The molecule has 1 aromatic heterocycles. The van der Waals surface area contributed by atoms with Gasteiger partial charge in [-0.25, -0.2) is 9.48 Å². The molecular formula is C21H21N3O4. The number of methoxy groups -OCH3 is 1. The fraction of sp³-hybridized carbons (Fsp3) is 0.190. The van der Waals surface area contributed by atoms with Gasteiger partial charge >= 0.3 is 6.09 Å². The van der Waals surface area contributed by atoms with Gasteiger partial charge in [0.25, 0.3) is 0 Å². The lowest BCUT2D eigenvalue weighted by molar-refractivity contribution is 0.202. The van der Waals surface area contributed by atoms with Crippen LogP contribution in [0.1, 0.15) is 18.2 Å². The second-order valence-electron chi connectivity index (χ2n) is 6.15. The van der Waals surface area contributed by atoms with E-state index < -0.39 is 6.09 Å². The lowest BCUT2D eigenvalue weighted by atomic mass is 10.1. The maximum Gasteiger partial charge on any atom is 0.411 e. The van der Waals surface area contributed by atoms with E-state index in [0.29, 0.717) is 30.1 Å². The fourth-order valence-electron chi connectivity index (χ4n) is 2.92. The van der Waals surface area contributed by atoms with E-state index in [1.807, 2.05) is 30.3 Å². The minimum Gasteiger partial charge on any atom is -0.497 e. The first-order chi connectivity index (χ1) is 13.5. The van der Waals surface area contributed by atoms with Gasteiger partial charge in [0.15, 0.2) is 0 Å². The molecule has 0 radical (unpaired) electrons. The summed E-state index contributed by atoms with van der Waals surface area (Å²) in [5.74, 6) is 0.695. The van der Waals surface area contributed by atoms with Crippen LogP contribution in [0.5, 0.6) is 5.75 Å². The van der Waals surface area contributed by atoms with Gasteiger partial charge in [0.05, 0.1) is 12.8 Å². The van der Waals surface area contributed by atoms with Crippen molar-refractivity contribution in [3.63, 3.8) is 0 Å². The molecule has 0 fully saturated rings. The molecule has 0 bridgehead atoms. The normalized spacial score (nSPS) is 10.5. The summed E-state index contributed by atoms with van der Waals surface area (Å²) in [4.78, 5) is 24.9. The van der Waals surface area contributed by atoms with Gasteiger partial charge < -0.3 is 9.84 Å². The summed E-state index contributed by atoms with van der Waals surface area (Å²) in [5, 5.41) is 13.8. The van der Waals surface area contributed by atoms with Crippen molar-refractivity contribution in [1.29, 1.82) is 0 Å². The van der Waals surface area contributed by atoms with Crippen molar-refractivity contribution in [2.24, 2.45) is 0 Å². The number of amides is 1. The third-order valence-corrected chi connectivity index (χ3v) is 4.34. The van der Waals surface area contributed by atoms with Gasteiger partial charge in [-0.2, -0.15) is 5.10 Å². The zero-order valence-corrected chi connectivity index (χ0v) is 15.7. The van der Waals surface area contributed by atoms with Crippen LogP contribution >= 0.6 is 0 Å². The summed E-state index contributed by atoms with van der Waals surface area (Å²) < 4.78 is 6.86. The Balaban J connectivity index is 1.93. The van der Waals surface area contributed by atoms with Crippen molar-refractivity contribution in [3.05, 3.63) is 82.3 Å². The predicted octanol–water partition coefficient (Wildman–Crippen LogP) is 3.34. The highest BCUT2D eigenvalue weighted by Crippen LogP contribution is 2.18. The van der Waals surface area contributed by atoms with E-state index in [1.54, 1.807) is 43.1 Å². The van der Waals surface area contributed by atoms with Gasteiger partial charge in [-0.3, -0.25) is 9.69 Å². The summed E-state index contributed by atoms with van der Waals surface area (Å²) in [6.45, 7) is 2.11. The first-order valence-electron chi connectivity index (χ1n) is 8.84. The van der Waals surface area contributed by atoms with Gasteiger partial charge in [0.1, 0.15) is 11.4 Å². The number of hydrogen-bond acceptors (Lipinski definition) is 4. The van der Waals surface area contributed by atoms with E-state index >= 15 is 0 Å². The van der Waals surface area contributed by atoms with E-state index in [4.69, 9.17) is 4.74 Å². The number of carboxylic acid groups (broad SMARTS) is 1. The third kappa shape index (κ3) is 4.20. The lowest BCUT2D eigenvalue weighted by Crippen LogP contribution is -2.28. The van der Waals surface area contributed by atoms with Crippen LogP contribution < -0.4 is 15.1 Å². The first kappa shape index (κ1) is 19.2. The molecule has 7 heteroatoms. The summed E-state index contributed by atoms with van der Waals surface area (Å²) >= 11 is 0. The van der Waals surface area contributed by atoms with Crippen LogP contribution in [0.2, 0.25) is 0 Å². The van der Waals surface area contributed by atoms with Gasteiger partial charge in [-0.15, -0.1) is 0 Å². The SMILES string of the molecule is CCN(C(=O)O)c1cccc(Cc2nn(-c3cccc(OC)c3)ccc2=O)c1. The van der Waals surface area contributed by atoms with Gasteiger partial charge in [-0.1, -0.05) is 18.2 Å². The molecule has 0 aliphatic carbocycles. The van der Waals surface area contributed by atoms with Gasteiger partial charge in [0, 0.05) is 37.0 Å². The predicted molar refractivity (Wildman–Crippen MR) is 107 cm³/mol. The smallest absolute Gasteiger partial charge is 0.411 e. The van der Waals surface area contributed by atoms with Gasteiger partial charge in [0.2, 0.25) is 5.43 Å². The highest BCUT2D eigenvalue weighted by atomic mass is 16.5. The molecule has 0 unspecified atom stereocenters. The zero-order chi connectivity index (χ0) is 20.1. The number of carbonyl (C=O) groups is 1. The summed E-state index contributed by atoms with van der Waals surface area (Å²) in [7, 11) is 1.59. The summed E-state index contributed by atoms with van der Waals surface area (Å²) in [6, 6.07) is 16.0. The number of ether oxygens (including phenoxy) is 1. The maximum atomic E-state index is 12.3. The Labute approximate surface area is 162 Å². The van der Waals surface area contributed by atoms with E-state index in [-0.39, 0.29) is 5.43 Å². The summed E-state index contributed by atoms with van der Waals surface area (Å²) in [5.41, 5.74) is 2.36. The maximum absolute atomic E-state index is 12.3. The van der Waals surface area contributed by atoms with E-state index in [9.17, 15) is 14.7 Å². The van der Waals surface area contributed by atoms with Crippen molar-refractivity contribution >= 4 is 11.8 Å². The quantitative estimate of drug-likeness (QED) is 0.710. The van der Waals surface area contributed by atoms with Crippen LogP contribution in [-0.2, 0) is 6.42 Å². The number of aromatic nitrogens is 2. The van der Waals surface area contributed by atoms with Crippen LogP contribution in [0.15, 0.2) is 65.6 Å². The largest absolute Gasteiger partial charge is 0.497 e. The minimum atomic E-state index is -1.02. The lowest BCUT2D eigenvalue weighted by Gasteiger charge is -2.17. The molecule has 0 aliphatic rings. The molecule has 0 atom stereocenters. The second kappa shape index (κ2) is 8.39. The average molecular weight is 379 g/mol. The molecule has 144 valence electrons. The Kier molecular flexibility index (Phi) is 5.74. The molecule has 7 nitrogen and oxygen atoms in total. The minimum absolute atomic E-state index is 0.171. The van der Waals surface area contributed by atoms with Crippen LogP contribution in [0, 0.1) is 0 Å². The second-order valence-corrected chi connectivity index (χ2v) is 6.15. The molecular weight excluding hydrogens is 358 g/mol. The van der Waals surface area contributed by atoms with E-state index in [1.165, 1.54) is 11.0 Å². The Hall–Kier alpha value is -3.61. The van der Waals surface area contributed by atoms with Crippen molar-refractivity contribution in [3.8, 4) is 11.4 Å². The molecule has 3 aromatic rings. The molecule has 0 spiro atoms. The van der Waals surface area contributed by atoms with Crippen molar-refractivity contribution in [1.82, 2.24) is 9.78 Å². The van der Waals surface area contributed by atoms with Crippen LogP contribution in [-0.4, -0.2) is 34.6 Å². The molecule has 1 heterocycles. The summed E-state index contributed by atoms with van der Waals surface area (Å²) in [6.07, 6.45) is 0.896. The average Bonchev–Trinajstić information content (AvgIpc) is 2.70. The molecule has 0 saturated heterocycles. The standard InChI is InChI=1S/C21H21N3O4/c1-3-23(21(26)27)16-7-4-6-15(12-16)13-19-20(25)10-11-24(22-19)17-8-5-9-18(14-17)28-2/h4-12,14H,3,13H2,1-2H3,(H,26,27). The van der Waals surface area contributed by atoms with Crippen LogP contribution in [0.25, 0.3) is 5.69 Å². The van der Waals surface area contributed by atoms with Crippen LogP contribution in [0.4, 0.5) is 10.5 Å². The molecule has 3 rings (SSSR count). The Morgan fingerprint density at radius 2 is 1.96 bits per heavy atom. The number of anilines is 1. The molecule has 1 amide bonds. The Bertz CT molecular complexity index is 1050. The Morgan fingerprint density at radius 1 is 1.18 bits per heavy atom. The number of rotatable bonds is 6. The number of hydrogen-bond donors (Lipinski definition) is 1. The fourth-order valence-corrected chi connectivity index (χ4v) is 2.92. The topological polar surface area (TPSA) is 84.7 Å². The highest BCUT2D eigenvalue weighted by Gasteiger charge is 2.13. The molecule has 28 heavy (non-hydrogen) atoms. The molecule has 2 aromatic carbocycles. The first-order valence-corrected chi connectivity index (χ1v) is 8.84. The zero-order valence-electron chi connectivity index (χ0n) is 15.7. The van der Waals surface area contributed by atoms with Crippen LogP contribution in [0.3, 0.4) is 0 Å². The number of nitrogens with zero attached hydrogens (tertiary/aromatic N) is 3. The van der Waals surface area contributed by atoms with E-state index in [0.717, 1.165) is 11.3 Å². The van der Waals surface area contributed by atoms with Crippen molar-refractivity contribution in [2.75, 3.05) is 18.6 Å². The molecule has 0 aliphatic heterocycles. The van der Waals surface area contributed by atoms with Gasteiger partial charge in [-0.05, 0) is 36.8 Å². The van der Waals surface area contributed by atoms with E-state index in [2.05, 4.69) is 5.10 Å². The number of benzene rings is 2. The highest BCUT2D eigenvalue weighted by molar-refractivity contribution is 5.86. The molecule has 1 N–H and O–H groups in total. The molecule has 0 saturated carbocycles. The Morgan fingerprint density at radius 3 is 2.68 bits per heavy atom. The van der Waals surface area contributed by atoms with Crippen molar-refractivity contribution < 1.29 is 14.6 Å². The van der Waals surface area contributed by atoms with Crippen molar-refractivity contribution in [2.45, 2.75) is 13.3 Å². The monoisotopic (exact) mass is 379 g/mol.